The first-order valence-corrected chi connectivity index (χ1v) is 21.0. The lowest BCUT2D eigenvalue weighted by Crippen LogP contribution is -1.99. The van der Waals surface area contributed by atoms with Gasteiger partial charge in [0.25, 0.3) is 0 Å². The predicted octanol–water partition coefficient (Wildman–Crippen LogP) is 16.3. The Hall–Kier alpha value is -7.06. The average Bonchev–Trinajstić information content (AvgIpc) is 3.84. The summed E-state index contributed by atoms with van der Waals surface area (Å²) in [4.78, 5) is 0. The van der Waals surface area contributed by atoms with E-state index in [0.717, 1.165) is 0 Å². The van der Waals surface area contributed by atoms with Crippen molar-refractivity contribution in [2.75, 3.05) is 0 Å². The van der Waals surface area contributed by atoms with Crippen LogP contribution >= 0.6 is 11.3 Å². The molecule has 0 N–H and O–H groups in total. The maximum atomic E-state index is 2.46. The molecule has 13 rings (SSSR count). The Balaban J connectivity index is 0.994. The fourth-order valence-corrected chi connectivity index (χ4v) is 11.6. The summed E-state index contributed by atoms with van der Waals surface area (Å²) in [7, 11) is 0. The van der Waals surface area contributed by atoms with Crippen LogP contribution in [0.2, 0.25) is 0 Å². The molecule has 11 aromatic carbocycles. The summed E-state index contributed by atoms with van der Waals surface area (Å²) >= 11 is 1.90. The molecule has 0 nitrogen and oxygen atoms in total. The van der Waals surface area contributed by atoms with Crippen LogP contribution in [-0.2, 0) is 0 Å². The summed E-state index contributed by atoms with van der Waals surface area (Å²) in [6.45, 7) is 0. The zero-order valence-corrected chi connectivity index (χ0v) is 32.4. The molecule has 0 amide bonds. The second kappa shape index (κ2) is 12.2. The summed E-state index contributed by atoms with van der Waals surface area (Å²) < 4.78 is 2.69. The van der Waals surface area contributed by atoms with Crippen molar-refractivity contribution in [3.63, 3.8) is 0 Å². The Labute approximate surface area is 339 Å². The highest BCUT2D eigenvalue weighted by atomic mass is 32.1. The molecule has 1 atom stereocenters. The van der Waals surface area contributed by atoms with E-state index in [0.29, 0.717) is 0 Å². The van der Waals surface area contributed by atoms with Crippen molar-refractivity contribution in [3.05, 3.63) is 217 Å². The van der Waals surface area contributed by atoms with Crippen molar-refractivity contribution in [2.45, 2.75) is 5.92 Å². The van der Waals surface area contributed by atoms with Gasteiger partial charge in [-0.15, -0.1) is 11.3 Å². The number of hydrogen-bond acceptors (Lipinski definition) is 1. The fourth-order valence-electron chi connectivity index (χ4n) is 10.4. The zero-order chi connectivity index (χ0) is 37.9. The van der Waals surface area contributed by atoms with Gasteiger partial charge in [0, 0.05) is 26.1 Å². The molecule has 0 aliphatic heterocycles. The minimum absolute atomic E-state index is 0.161. The van der Waals surface area contributed by atoms with E-state index in [1.165, 1.54) is 124 Å². The van der Waals surface area contributed by atoms with Gasteiger partial charge in [-0.1, -0.05) is 182 Å². The summed E-state index contributed by atoms with van der Waals surface area (Å²) in [5, 5.41) is 15.8. The number of benzene rings is 11. The predicted molar refractivity (Wildman–Crippen MR) is 251 cm³/mol. The van der Waals surface area contributed by atoms with Crippen molar-refractivity contribution in [3.8, 4) is 33.4 Å². The molecule has 0 bridgehead atoms. The first kappa shape index (κ1) is 32.1. The van der Waals surface area contributed by atoms with E-state index in [2.05, 4.69) is 200 Å². The van der Waals surface area contributed by atoms with Crippen molar-refractivity contribution < 1.29 is 0 Å². The van der Waals surface area contributed by atoms with Crippen LogP contribution in [0, 0.1) is 0 Å². The summed E-state index contributed by atoms with van der Waals surface area (Å²) in [5.74, 6) is 0.161. The Morgan fingerprint density at radius 1 is 0.293 bits per heavy atom. The Morgan fingerprint density at radius 3 is 1.59 bits per heavy atom. The van der Waals surface area contributed by atoms with E-state index >= 15 is 0 Å². The molecule has 0 fully saturated rings. The molecule has 1 unspecified atom stereocenters. The summed E-state index contributed by atoms with van der Waals surface area (Å²) in [6, 6.07) is 75.2. The number of hydrogen-bond donors (Lipinski definition) is 0. The monoisotopic (exact) mass is 750 g/mol. The van der Waals surface area contributed by atoms with Gasteiger partial charge < -0.3 is 0 Å². The van der Waals surface area contributed by atoms with Gasteiger partial charge in [-0.25, -0.2) is 0 Å². The smallest absolute Gasteiger partial charge is 0.0433 e. The van der Waals surface area contributed by atoms with Gasteiger partial charge in [0.15, 0.2) is 0 Å². The van der Waals surface area contributed by atoms with Gasteiger partial charge in [0.1, 0.15) is 0 Å². The van der Waals surface area contributed by atoms with E-state index in [4.69, 9.17) is 0 Å². The van der Waals surface area contributed by atoms with Gasteiger partial charge in [-0.2, -0.15) is 0 Å². The standard InChI is InChI=1S/C57H34S/c1-6-21-46-39(15-1)40-16-2-8-23-48(40)56-52-33-35(27-29-43(52)41-17-3-7-22-47(41)55(46)56)34-28-30-49-51(32-34)42-18-4-5-20-45(42)54(49)37-14-11-13-36(31-37)38-24-12-25-50-44-19-9-10-26-53(44)58-57(38)50/h1-33,54H. The topological polar surface area (TPSA) is 0 Å². The maximum absolute atomic E-state index is 2.46. The highest BCUT2D eigenvalue weighted by Crippen LogP contribution is 2.51. The Bertz CT molecular complexity index is 3680. The molecule has 1 heterocycles. The molecule has 12 aromatic rings. The summed E-state index contributed by atoms with van der Waals surface area (Å²) in [6.07, 6.45) is 0. The van der Waals surface area contributed by atoms with Crippen molar-refractivity contribution in [2.24, 2.45) is 0 Å². The van der Waals surface area contributed by atoms with Gasteiger partial charge in [0.05, 0.1) is 0 Å². The van der Waals surface area contributed by atoms with Crippen LogP contribution in [0.15, 0.2) is 200 Å². The highest BCUT2D eigenvalue weighted by molar-refractivity contribution is 7.26. The van der Waals surface area contributed by atoms with Gasteiger partial charge in [-0.05, 0) is 122 Å². The zero-order valence-electron chi connectivity index (χ0n) is 31.5. The maximum Gasteiger partial charge on any atom is 0.0433 e. The SMILES string of the molecule is c1cc(-c2cccc3c2sc2ccccc23)cc(C2c3ccccc3-c3cc(-c4ccc5c6ccccc6c6c7ccccc7c7ccccc7c6c5c4)ccc32)c1. The van der Waals surface area contributed by atoms with Crippen LogP contribution in [0.1, 0.15) is 22.6 Å². The minimum Gasteiger partial charge on any atom is -0.135 e. The molecule has 1 aliphatic carbocycles. The fraction of sp³-hybridized carbons (Fsp3) is 0.0175. The van der Waals surface area contributed by atoms with E-state index < -0.39 is 0 Å². The molecule has 0 saturated carbocycles. The van der Waals surface area contributed by atoms with Crippen LogP contribution in [-0.4, -0.2) is 0 Å². The van der Waals surface area contributed by atoms with E-state index in [1.54, 1.807) is 0 Å². The third-order valence-electron chi connectivity index (χ3n) is 12.9. The minimum atomic E-state index is 0.161. The second-order valence-electron chi connectivity index (χ2n) is 15.9. The molecule has 0 saturated heterocycles. The van der Waals surface area contributed by atoms with E-state index in [9.17, 15) is 0 Å². The number of thiophene rings is 1. The molecule has 1 aromatic heterocycles. The highest BCUT2D eigenvalue weighted by Gasteiger charge is 2.30. The lowest BCUT2D eigenvalue weighted by molar-refractivity contribution is 1.02. The lowest BCUT2D eigenvalue weighted by atomic mass is 9.85. The van der Waals surface area contributed by atoms with E-state index in [1.807, 2.05) is 11.3 Å². The molecule has 268 valence electrons. The normalized spacial score (nSPS) is 13.7. The largest absolute Gasteiger partial charge is 0.135 e. The Kier molecular flexibility index (Phi) is 6.76. The van der Waals surface area contributed by atoms with Crippen LogP contribution in [0.5, 0.6) is 0 Å². The third kappa shape index (κ3) is 4.51. The number of fused-ring (bicyclic) bond motifs is 17. The Morgan fingerprint density at radius 2 is 0.828 bits per heavy atom. The van der Waals surface area contributed by atoms with Crippen molar-refractivity contribution >= 4 is 85.4 Å². The molecule has 0 radical (unpaired) electrons. The van der Waals surface area contributed by atoms with E-state index in [-0.39, 0.29) is 5.92 Å². The van der Waals surface area contributed by atoms with Gasteiger partial charge in [-0.3, -0.25) is 0 Å². The van der Waals surface area contributed by atoms with Gasteiger partial charge in [0.2, 0.25) is 0 Å². The molecule has 0 spiro atoms. The van der Waals surface area contributed by atoms with Crippen LogP contribution in [0.25, 0.3) is 107 Å². The van der Waals surface area contributed by atoms with Gasteiger partial charge >= 0.3 is 0 Å². The molecule has 1 aliphatic rings. The first-order valence-electron chi connectivity index (χ1n) is 20.2. The third-order valence-corrected chi connectivity index (χ3v) is 14.1. The van der Waals surface area contributed by atoms with Crippen molar-refractivity contribution in [1.29, 1.82) is 0 Å². The van der Waals surface area contributed by atoms with Crippen LogP contribution in [0.4, 0.5) is 0 Å². The molecule has 1 heteroatoms. The molecule has 58 heavy (non-hydrogen) atoms. The second-order valence-corrected chi connectivity index (χ2v) is 16.9. The first-order chi connectivity index (χ1) is 28.8. The molecular weight excluding hydrogens is 717 g/mol. The molecular formula is C57H34S. The quantitative estimate of drug-likeness (QED) is 0.158. The van der Waals surface area contributed by atoms with Crippen LogP contribution < -0.4 is 0 Å². The average molecular weight is 751 g/mol. The van der Waals surface area contributed by atoms with Crippen LogP contribution in [0.3, 0.4) is 0 Å². The lowest BCUT2D eigenvalue weighted by Gasteiger charge is -2.18. The van der Waals surface area contributed by atoms with Crippen molar-refractivity contribution in [1.82, 2.24) is 0 Å². The summed E-state index contributed by atoms with van der Waals surface area (Å²) in [5.41, 5.74) is 11.8. The number of rotatable bonds is 3.